The molecule has 0 saturated carbocycles. The van der Waals surface area contributed by atoms with Crippen molar-refractivity contribution in [1.29, 1.82) is 5.26 Å². The highest BCUT2D eigenvalue weighted by atomic mass is 16.3. The number of fused-ring (bicyclic) bond motifs is 2. The molecule has 34 heavy (non-hydrogen) atoms. The molecule has 0 aliphatic carbocycles. The predicted molar refractivity (Wildman–Crippen MR) is 126 cm³/mol. The number of nitriles is 1. The van der Waals surface area contributed by atoms with Gasteiger partial charge in [0.1, 0.15) is 5.52 Å². The molecule has 0 spiro atoms. The van der Waals surface area contributed by atoms with E-state index in [1.54, 1.807) is 29.2 Å². The van der Waals surface area contributed by atoms with Gasteiger partial charge >= 0.3 is 0 Å². The summed E-state index contributed by atoms with van der Waals surface area (Å²) in [5.74, 6) is 0. The lowest BCUT2D eigenvalue weighted by Crippen LogP contribution is -2.05. The fraction of sp³-hybridized carbons (Fsp3) is 0.0800. The Morgan fingerprint density at radius 2 is 1.91 bits per heavy atom. The first-order valence-corrected chi connectivity index (χ1v) is 10.7. The third kappa shape index (κ3) is 3.30. The van der Waals surface area contributed by atoms with Crippen LogP contribution in [0.1, 0.15) is 16.7 Å². The van der Waals surface area contributed by atoms with Gasteiger partial charge in [0, 0.05) is 17.1 Å². The first kappa shape index (κ1) is 19.8. The smallest absolute Gasteiger partial charge is 0.114 e. The number of aromatic amines is 1. The largest absolute Gasteiger partial charge is 0.392 e. The number of aliphatic hydroxyl groups is 1. The minimum atomic E-state index is -0.139. The number of hydrogen-bond acceptors (Lipinski definition) is 6. The van der Waals surface area contributed by atoms with Gasteiger partial charge in [0.15, 0.2) is 0 Å². The van der Waals surface area contributed by atoms with Gasteiger partial charge in [-0.3, -0.25) is 9.78 Å². The van der Waals surface area contributed by atoms with Crippen molar-refractivity contribution in [2.24, 2.45) is 0 Å². The molecule has 3 aromatic carbocycles. The third-order valence-corrected chi connectivity index (χ3v) is 5.92. The van der Waals surface area contributed by atoms with Gasteiger partial charge in [0.2, 0.25) is 0 Å². The van der Waals surface area contributed by atoms with Crippen molar-refractivity contribution < 1.29 is 5.11 Å². The van der Waals surface area contributed by atoms with Gasteiger partial charge in [-0.15, -0.1) is 5.10 Å². The number of aliphatic hydroxyl groups excluding tert-OH is 1. The molecule has 0 aliphatic rings. The van der Waals surface area contributed by atoms with Crippen LogP contribution in [0.15, 0.2) is 73.1 Å². The summed E-state index contributed by atoms with van der Waals surface area (Å²) in [6.45, 7) is 0.394. The lowest BCUT2D eigenvalue weighted by molar-refractivity contribution is 0.282. The van der Waals surface area contributed by atoms with Gasteiger partial charge < -0.3 is 5.11 Å². The number of hydrogen-bond donors (Lipinski definition) is 2. The van der Waals surface area contributed by atoms with Gasteiger partial charge in [-0.05, 0) is 59.7 Å². The molecular weight excluding hydrogens is 428 g/mol. The second-order valence-electron chi connectivity index (χ2n) is 7.98. The van der Waals surface area contributed by atoms with Crippen LogP contribution in [0.25, 0.3) is 38.9 Å². The van der Waals surface area contributed by atoms with Gasteiger partial charge in [-0.2, -0.15) is 15.5 Å². The highest BCUT2D eigenvalue weighted by Gasteiger charge is 2.16. The highest BCUT2D eigenvalue weighted by Crippen LogP contribution is 2.30. The SMILES string of the molecule is N#Cc1ccc(Cn2nccc2-c2cc3c(cc2CO)nnn3-c2ccc3cn[nH]c3c2)cc1. The number of aromatic nitrogens is 7. The maximum absolute atomic E-state index is 10.1. The Kier molecular flexibility index (Phi) is 4.64. The Hall–Kier alpha value is -4.81. The monoisotopic (exact) mass is 446 g/mol. The van der Waals surface area contributed by atoms with Crippen LogP contribution in [0, 0.1) is 11.3 Å². The van der Waals surface area contributed by atoms with E-state index in [1.165, 1.54) is 0 Å². The van der Waals surface area contributed by atoms with Gasteiger partial charge in [-0.1, -0.05) is 17.3 Å². The lowest BCUT2D eigenvalue weighted by Gasteiger charge is -2.12. The number of nitrogens with zero attached hydrogens (tertiary/aromatic N) is 7. The molecule has 0 aliphatic heterocycles. The molecule has 3 heterocycles. The summed E-state index contributed by atoms with van der Waals surface area (Å²) in [6.07, 6.45) is 3.52. The molecule has 9 nitrogen and oxygen atoms in total. The Labute approximate surface area is 193 Å². The van der Waals surface area contributed by atoms with Crippen LogP contribution in [0.5, 0.6) is 0 Å². The first-order valence-electron chi connectivity index (χ1n) is 10.7. The van der Waals surface area contributed by atoms with Gasteiger partial charge in [0.25, 0.3) is 0 Å². The summed E-state index contributed by atoms with van der Waals surface area (Å²) < 4.78 is 3.66. The maximum atomic E-state index is 10.1. The highest BCUT2D eigenvalue weighted by molar-refractivity contribution is 5.86. The fourth-order valence-electron chi connectivity index (χ4n) is 4.17. The molecule has 2 N–H and O–H groups in total. The van der Waals surface area contributed by atoms with Crippen molar-refractivity contribution in [3.8, 4) is 23.0 Å². The molecule has 164 valence electrons. The minimum absolute atomic E-state index is 0.139. The number of H-pyrrole nitrogens is 1. The first-order chi connectivity index (χ1) is 16.7. The van der Waals surface area contributed by atoms with Crippen molar-refractivity contribution in [2.45, 2.75) is 13.2 Å². The number of nitrogens with one attached hydrogen (secondary N) is 1. The topological polar surface area (TPSA) is 121 Å². The molecule has 0 amide bonds. The van der Waals surface area contributed by atoms with Crippen molar-refractivity contribution in [3.63, 3.8) is 0 Å². The van der Waals surface area contributed by atoms with Crippen LogP contribution < -0.4 is 0 Å². The van der Waals surface area contributed by atoms with Crippen LogP contribution in [-0.2, 0) is 13.2 Å². The van der Waals surface area contributed by atoms with E-state index in [1.807, 2.05) is 53.2 Å². The van der Waals surface area contributed by atoms with Crippen LogP contribution in [0.2, 0.25) is 0 Å². The predicted octanol–water partition coefficient (Wildman–Crippen LogP) is 3.57. The van der Waals surface area contributed by atoms with Crippen molar-refractivity contribution in [3.05, 3.63) is 89.7 Å². The second-order valence-corrected chi connectivity index (χ2v) is 7.98. The average molecular weight is 446 g/mol. The van der Waals surface area contributed by atoms with Crippen LogP contribution in [-0.4, -0.2) is 40.1 Å². The maximum Gasteiger partial charge on any atom is 0.114 e. The second kappa shape index (κ2) is 7.95. The van der Waals surface area contributed by atoms with Crippen molar-refractivity contribution in [1.82, 2.24) is 35.0 Å². The molecule has 0 bridgehead atoms. The third-order valence-electron chi connectivity index (χ3n) is 5.92. The van der Waals surface area contributed by atoms with Crippen molar-refractivity contribution in [2.75, 3.05) is 0 Å². The van der Waals surface area contributed by atoms with Crippen molar-refractivity contribution >= 4 is 21.9 Å². The van der Waals surface area contributed by atoms with E-state index in [2.05, 4.69) is 31.7 Å². The van der Waals surface area contributed by atoms with Crippen LogP contribution in [0.4, 0.5) is 0 Å². The van der Waals surface area contributed by atoms with E-state index in [0.29, 0.717) is 17.6 Å². The summed E-state index contributed by atoms with van der Waals surface area (Å²) in [5.41, 5.74) is 7.38. The fourth-order valence-corrected chi connectivity index (χ4v) is 4.17. The van der Waals surface area contributed by atoms with E-state index in [9.17, 15) is 5.11 Å². The summed E-state index contributed by atoms with van der Waals surface area (Å²) >= 11 is 0. The zero-order chi connectivity index (χ0) is 23.1. The molecule has 0 atom stereocenters. The summed E-state index contributed by atoms with van der Waals surface area (Å²) in [7, 11) is 0. The molecule has 0 fully saturated rings. The minimum Gasteiger partial charge on any atom is -0.392 e. The average Bonchev–Trinajstić information content (AvgIpc) is 3.62. The van der Waals surface area contributed by atoms with Crippen LogP contribution >= 0.6 is 0 Å². The van der Waals surface area contributed by atoms with E-state index in [0.717, 1.165) is 44.5 Å². The van der Waals surface area contributed by atoms with E-state index < -0.39 is 0 Å². The quantitative estimate of drug-likeness (QED) is 0.418. The summed E-state index contributed by atoms with van der Waals surface area (Å²) in [6, 6.07) is 21.3. The van der Waals surface area contributed by atoms with E-state index in [-0.39, 0.29) is 6.61 Å². The zero-order valence-corrected chi connectivity index (χ0v) is 17.9. The van der Waals surface area contributed by atoms with E-state index in [4.69, 9.17) is 5.26 Å². The summed E-state index contributed by atoms with van der Waals surface area (Å²) in [5, 5.41) is 40.4. The molecule has 9 heteroatoms. The Bertz CT molecular complexity index is 1680. The zero-order valence-electron chi connectivity index (χ0n) is 17.9. The Morgan fingerprint density at radius 3 is 2.74 bits per heavy atom. The molecule has 6 rings (SSSR count). The number of benzene rings is 3. The standard InChI is InChI=1S/C25H18N8O/c26-12-16-1-3-17(4-2-16)14-32-24(7-8-28-32)21-11-25-23(9-19(21)15-34)30-31-33(25)20-6-5-18-13-27-29-22(18)10-20/h1-11,13,34H,14-15H2,(H,27,29). The van der Waals surface area contributed by atoms with Gasteiger partial charge in [0.05, 0.1) is 53.4 Å². The Morgan fingerprint density at radius 1 is 1.03 bits per heavy atom. The molecule has 0 unspecified atom stereocenters. The van der Waals surface area contributed by atoms with Crippen LogP contribution in [0.3, 0.4) is 0 Å². The molecule has 0 saturated heterocycles. The molecule has 3 aromatic heterocycles. The normalized spacial score (nSPS) is 11.3. The molecular formula is C25H18N8O. The molecule has 0 radical (unpaired) electrons. The lowest BCUT2D eigenvalue weighted by atomic mass is 10.0. The van der Waals surface area contributed by atoms with Gasteiger partial charge in [-0.25, -0.2) is 4.68 Å². The van der Waals surface area contributed by atoms with E-state index >= 15 is 0 Å². The number of rotatable bonds is 5. The molecule has 6 aromatic rings. The Balaban J connectivity index is 1.45. The summed E-state index contributed by atoms with van der Waals surface area (Å²) in [4.78, 5) is 0.